The molecule has 0 saturated heterocycles. The summed E-state index contributed by atoms with van der Waals surface area (Å²) in [7, 11) is 0. The molecule has 3 aromatic rings. The van der Waals surface area contributed by atoms with Crippen molar-refractivity contribution in [1.82, 2.24) is 0 Å². The summed E-state index contributed by atoms with van der Waals surface area (Å²) >= 11 is 0. The van der Waals surface area contributed by atoms with E-state index in [0.29, 0.717) is 22.8 Å². The smallest absolute Gasteiger partial charge is 0.343 e. The minimum Gasteiger partial charge on any atom is -0.494 e. The number of rotatable bonds is 17. The number of carbonyl (C=O) groups excluding carboxylic acids is 2. The van der Waals surface area contributed by atoms with Crippen molar-refractivity contribution in [1.29, 1.82) is 0 Å². The van der Waals surface area contributed by atoms with Gasteiger partial charge in [-0.3, -0.25) is 0 Å². The summed E-state index contributed by atoms with van der Waals surface area (Å²) in [6.07, 6.45) is 10.6. The van der Waals surface area contributed by atoms with Crippen molar-refractivity contribution in [3.63, 3.8) is 0 Å². The normalized spacial score (nSPS) is 11.7. The molecular formula is C36H46O5. The molecular weight excluding hydrogens is 512 g/mol. The van der Waals surface area contributed by atoms with E-state index in [2.05, 4.69) is 20.8 Å². The first-order valence-electron chi connectivity index (χ1n) is 15.2. The highest BCUT2D eigenvalue weighted by Crippen LogP contribution is 2.24. The molecule has 0 aromatic heterocycles. The molecule has 0 spiro atoms. The van der Waals surface area contributed by atoms with Crippen LogP contribution in [0.3, 0.4) is 0 Å². The molecule has 0 N–H and O–H groups in total. The maximum atomic E-state index is 12.7. The van der Waals surface area contributed by atoms with Gasteiger partial charge in [0.25, 0.3) is 0 Å². The highest BCUT2D eigenvalue weighted by Gasteiger charge is 2.14. The van der Waals surface area contributed by atoms with E-state index >= 15 is 0 Å². The Hall–Kier alpha value is -3.60. The van der Waals surface area contributed by atoms with E-state index in [1.54, 1.807) is 36.4 Å². The maximum absolute atomic E-state index is 12.7. The Morgan fingerprint density at radius 2 is 1.12 bits per heavy atom. The molecule has 0 bridgehead atoms. The van der Waals surface area contributed by atoms with Crippen molar-refractivity contribution in [2.45, 2.75) is 91.6 Å². The molecule has 0 heterocycles. The van der Waals surface area contributed by atoms with Crippen molar-refractivity contribution < 1.29 is 23.8 Å². The molecule has 41 heavy (non-hydrogen) atoms. The van der Waals surface area contributed by atoms with Crippen LogP contribution in [0, 0.1) is 5.92 Å². The quantitative estimate of drug-likeness (QED) is 0.0937. The highest BCUT2D eigenvalue weighted by atomic mass is 16.5. The van der Waals surface area contributed by atoms with Crippen molar-refractivity contribution >= 4 is 11.9 Å². The lowest BCUT2D eigenvalue weighted by atomic mass is 10.0. The van der Waals surface area contributed by atoms with Gasteiger partial charge in [0.05, 0.1) is 23.8 Å². The molecule has 5 nitrogen and oxygen atoms in total. The zero-order chi connectivity index (χ0) is 29.5. The third kappa shape index (κ3) is 11.4. The number of hydrogen-bond acceptors (Lipinski definition) is 5. The zero-order valence-corrected chi connectivity index (χ0v) is 25.2. The predicted octanol–water partition coefficient (Wildman–Crippen LogP) is 9.68. The summed E-state index contributed by atoms with van der Waals surface area (Å²) in [6, 6.07) is 21.8. The van der Waals surface area contributed by atoms with Crippen LogP contribution in [0.1, 0.15) is 106 Å². The monoisotopic (exact) mass is 558 g/mol. The van der Waals surface area contributed by atoms with Gasteiger partial charge in [-0.05, 0) is 91.8 Å². The topological polar surface area (TPSA) is 61.8 Å². The Balaban J connectivity index is 1.44. The lowest BCUT2D eigenvalue weighted by molar-refractivity contribution is 0.0313. The Bertz CT molecular complexity index is 1180. The summed E-state index contributed by atoms with van der Waals surface area (Å²) < 4.78 is 16.9. The average molecular weight is 559 g/mol. The van der Waals surface area contributed by atoms with Crippen LogP contribution in [0.15, 0.2) is 72.8 Å². The second kappa shape index (κ2) is 17.3. The van der Waals surface area contributed by atoms with Crippen LogP contribution in [-0.2, 0) is 4.74 Å². The number of unbranched alkanes of at least 4 members (excludes halogenated alkanes) is 6. The van der Waals surface area contributed by atoms with Crippen LogP contribution >= 0.6 is 0 Å². The van der Waals surface area contributed by atoms with Crippen molar-refractivity contribution in [2.24, 2.45) is 5.92 Å². The van der Waals surface area contributed by atoms with E-state index in [4.69, 9.17) is 14.2 Å². The van der Waals surface area contributed by atoms with Crippen LogP contribution in [0.25, 0.3) is 11.1 Å². The molecule has 0 aliphatic rings. The predicted molar refractivity (Wildman–Crippen MR) is 166 cm³/mol. The number of ether oxygens (including phenoxy) is 3. The van der Waals surface area contributed by atoms with Crippen molar-refractivity contribution in [2.75, 3.05) is 6.61 Å². The first-order valence-corrected chi connectivity index (χ1v) is 15.2. The van der Waals surface area contributed by atoms with Gasteiger partial charge in [0.1, 0.15) is 11.5 Å². The molecule has 0 radical (unpaired) electrons. The highest BCUT2D eigenvalue weighted by molar-refractivity contribution is 5.92. The largest absolute Gasteiger partial charge is 0.494 e. The average Bonchev–Trinajstić information content (AvgIpc) is 2.98. The summed E-state index contributed by atoms with van der Waals surface area (Å²) in [5, 5.41) is 0. The first-order chi connectivity index (χ1) is 19.9. The third-order valence-electron chi connectivity index (χ3n) is 7.08. The van der Waals surface area contributed by atoms with Crippen LogP contribution < -0.4 is 9.47 Å². The van der Waals surface area contributed by atoms with Crippen molar-refractivity contribution in [3.05, 3.63) is 83.9 Å². The Kier molecular flexibility index (Phi) is 13.4. The van der Waals surface area contributed by atoms with Gasteiger partial charge in [-0.1, -0.05) is 83.6 Å². The molecule has 3 rings (SSSR count). The number of hydrogen-bond donors (Lipinski definition) is 0. The lowest BCUT2D eigenvalue weighted by Gasteiger charge is -2.14. The summed E-state index contributed by atoms with van der Waals surface area (Å²) in [4.78, 5) is 25.1. The Morgan fingerprint density at radius 3 is 1.73 bits per heavy atom. The third-order valence-corrected chi connectivity index (χ3v) is 7.08. The molecule has 0 aliphatic carbocycles. The van der Waals surface area contributed by atoms with Gasteiger partial charge in [-0.2, -0.15) is 0 Å². The molecule has 3 aromatic carbocycles. The van der Waals surface area contributed by atoms with E-state index in [9.17, 15) is 9.59 Å². The molecule has 0 aliphatic heterocycles. The molecule has 220 valence electrons. The van der Waals surface area contributed by atoms with Crippen LogP contribution in [-0.4, -0.2) is 24.6 Å². The SMILES string of the molecule is CCCCCCCCCOc1ccc(-c2ccc(C(=O)Oc3ccc(C(=O)OC(C)CCC(C)C)cc3)cc2)cc1. The minimum atomic E-state index is -0.455. The van der Waals surface area contributed by atoms with Crippen molar-refractivity contribution in [3.8, 4) is 22.6 Å². The summed E-state index contributed by atoms with van der Waals surface area (Å²) in [5.74, 6) is 0.985. The van der Waals surface area contributed by atoms with E-state index in [1.165, 1.54) is 38.5 Å². The second-order valence-electron chi connectivity index (χ2n) is 11.2. The Labute approximate surface area is 246 Å². The standard InChI is InChI=1S/C36H46O5/c1-5-6-7-8-9-10-11-26-39-33-22-18-30(19-23-33)29-14-16-31(17-15-29)36(38)41-34-24-20-32(21-25-34)35(37)40-28(4)13-12-27(2)3/h14-25,27-28H,5-13,26H2,1-4H3. The van der Waals surface area contributed by atoms with Gasteiger partial charge in [0, 0.05) is 0 Å². The zero-order valence-electron chi connectivity index (χ0n) is 25.2. The van der Waals surface area contributed by atoms with Gasteiger partial charge in [0.15, 0.2) is 0 Å². The molecule has 1 unspecified atom stereocenters. The number of carbonyl (C=O) groups is 2. The molecule has 0 amide bonds. The lowest BCUT2D eigenvalue weighted by Crippen LogP contribution is -2.15. The van der Waals surface area contributed by atoms with Crippen LogP contribution in [0.5, 0.6) is 11.5 Å². The van der Waals surface area contributed by atoms with Crippen LogP contribution in [0.2, 0.25) is 0 Å². The molecule has 1 atom stereocenters. The van der Waals surface area contributed by atoms with Gasteiger partial charge in [-0.15, -0.1) is 0 Å². The van der Waals surface area contributed by atoms with Gasteiger partial charge >= 0.3 is 11.9 Å². The van der Waals surface area contributed by atoms with E-state index in [-0.39, 0.29) is 12.1 Å². The second-order valence-corrected chi connectivity index (χ2v) is 11.2. The van der Waals surface area contributed by atoms with E-state index in [0.717, 1.165) is 42.7 Å². The Morgan fingerprint density at radius 1 is 0.610 bits per heavy atom. The van der Waals surface area contributed by atoms with E-state index in [1.807, 2.05) is 43.3 Å². The fourth-order valence-corrected chi connectivity index (χ4v) is 4.49. The van der Waals surface area contributed by atoms with Gasteiger partial charge < -0.3 is 14.2 Å². The first kappa shape index (κ1) is 31.9. The number of esters is 2. The van der Waals surface area contributed by atoms with Gasteiger partial charge in [-0.25, -0.2) is 9.59 Å². The van der Waals surface area contributed by atoms with E-state index < -0.39 is 5.97 Å². The fourth-order valence-electron chi connectivity index (χ4n) is 4.49. The molecule has 5 heteroatoms. The maximum Gasteiger partial charge on any atom is 0.343 e. The number of benzene rings is 3. The van der Waals surface area contributed by atoms with Crippen LogP contribution in [0.4, 0.5) is 0 Å². The fraction of sp³-hybridized carbons (Fsp3) is 0.444. The summed E-state index contributed by atoms with van der Waals surface area (Å²) in [5.41, 5.74) is 2.94. The minimum absolute atomic E-state index is 0.142. The molecule has 0 saturated carbocycles. The molecule has 0 fully saturated rings. The van der Waals surface area contributed by atoms with Gasteiger partial charge in [0.2, 0.25) is 0 Å². The summed E-state index contributed by atoms with van der Waals surface area (Å²) in [6.45, 7) is 9.19.